The quantitative estimate of drug-likeness (QED) is 0.719. The summed E-state index contributed by atoms with van der Waals surface area (Å²) in [6.07, 6.45) is -0.700. The van der Waals surface area contributed by atoms with E-state index in [1.165, 1.54) is 0 Å². The maximum atomic E-state index is 10.9. The van der Waals surface area contributed by atoms with Gasteiger partial charge in [-0.1, -0.05) is 22.8 Å². The highest BCUT2D eigenvalue weighted by Crippen LogP contribution is 2.22. The van der Waals surface area contributed by atoms with Crippen LogP contribution in [0.4, 0.5) is 10.5 Å². The molecule has 0 N–H and O–H groups in total. The molecule has 0 aromatic heterocycles. The summed E-state index contributed by atoms with van der Waals surface area (Å²) in [7, 11) is 0. The zero-order valence-electron chi connectivity index (χ0n) is 8.53. The lowest BCUT2D eigenvalue weighted by Gasteiger charge is -1.97. The lowest BCUT2D eigenvalue weighted by molar-refractivity contribution is 0.162. The van der Waals surface area contributed by atoms with Crippen molar-refractivity contribution in [2.45, 2.75) is 13.8 Å². The third-order valence-electron chi connectivity index (χ3n) is 1.67. The minimum Gasteiger partial charge on any atom is -0.447 e. The maximum absolute atomic E-state index is 10.9. The molecule has 0 fully saturated rings. The van der Waals surface area contributed by atoms with E-state index in [2.05, 4.69) is 15.0 Å². The SMILES string of the molecule is CCOC(=O)N=Nc1ccc(C)c(Cl)c1. The number of nitrogens with zero attached hydrogens (tertiary/aromatic N) is 2. The zero-order valence-corrected chi connectivity index (χ0v) is 9.28. The molecular weight excluding hydrogens is 216 g/mol. The average molecular weight is 227 g/mol. The highest BCUT2D eigenvalue weighted by molar-refractivity contribution is 6.31. The van der Waals surface area contributed by atoms with Gasteiger partial charge in [0.2, 0.25) is 0 Å². The number of azo groups is 1. The predicted molar refractivity (Wildman–Crippen MR) is 57.7 cm³/mol. The number of rotatable bonds is 2. The van der Waals surface area contributed by atoms with E-state index in [4.69, 9.17) is 11.6 Å². The Morgan fingerprint density at radius 2 is 2.27 bits per heavy atom. The second kappa shape index (κ2) is 5.46. The van der Waals surface area contributed by atoms with Gasteiger partial charge in [0.1, 0.15) is 0 Å². The van der Waals surface area contributed by atoms with Gasteiger partial charge < -0.3 is 4.74 Å². The number of halogens is 1. The lowest BCUT2D eigenvalue weighted by Crippen LogP contribution is -1.95. The fourth-order valence-electron chi connectivity index (χ4n) is 0.895. The Morgan fingerprint density at radius 1 is 1.53 bits per heavy atom. The van der Waals surface area contributed by atoms with Crippen LogP contribution in [-0.4, -0.2) is 12.7 Å². The van der Waals surface area contributed by atoms with Crippen molar-refractivity contribution >= 4 is 23.4 Å². The molecule has 80 valence electrons. The van der Waals surface area contributed by atoms with Crippen LogP contribution in [0.2, 0.25) is 5.02 Å². The Labute approximate surface area is 92.9 Å². The number of amides is 1. The van der Waals surface area contributed by atoms with Gasteiger partial charge in [0.15, 0.2) is 0 Å². The van der Waals surface area contributed by atoms with Crippen LogP contribution in [0.1, 0.15) is 12.5 Å². The van der Waals surface area contributed by atoms with Crippen LogP contribution in [0.15, 0.2) is 28.4 Å². The monoisotopic (exact) mass is 226 g/mol. The molecule has 0 saturated heterocycles. The first kappa shape index (κ1) is 11.7. The Morgan fingerprint density at radius 3 is 2.87 bits per heavy atom. The molecule has 0 aliphatic heterocycles. The first-order valence-electron chi connectivity index (χ1n) is 4.48. The minimum atomic E-state index is -0.700. The van der Waals surface area contributed by atoms with E-state index in [1.807, 2.05) is 13.0 Å². The topological polar surface area (TPSA) is 51.0 Å². The lowest BCUT2D eigenvalue weighted by atomic mass is 10.2. The predicted octanol–water partition coefficient (Wildman–Crippen LogP) is 3.89. The number of hydrogen-bond donors (Lipinski definition) is 0. The molecule has 0 aliphatic carbocycles. The summed E-state index contributed by atoms with van der Waals surface area (Å²) in [6, 6.07) is 5.17. The molecule has 1 aromatic carbocycles. The molecule has 4 nitrogen and oxygen atoms in total. The van der Waals surface area contributed by atoms with Crippen LogP contribution in [0.5, 0.6) is 0 Å². The minimum absolute atomic E-state index is 0.284. The molecule has 1 amide bonds. The van der Waals surface area contributed by atoms with Crippen molar-refractivity contribution in [1.82, 2.24) is 0 Å². The molecule has 0 atom stereocenters. The third kappa shape index (κ3) is 3.67. The van der Waals surface area contributed by atoms with Crippen molar-refractivity contribution in [1.29, 1.82) is 0 Å². The van der Waals surface area contributed by atoms with E-state index in [0.717, 1.165) is 5.56 Å². The van der Waals surface area contributed by atoms with Crippen LogP contribution in [0.3, 0.4) is 0 Å². The number of benzene rings is 1. The van der Waals surface area contributed by atoms with Gasteiger partial charge in [0, 0.05) is 5.02 Å². The van der Waals surface area contributed by atoms with E-state index in [-0.39, 0.29) is 6.61 Å². The third-order valence-corrected chi connectivity index (χ3v) is 2.08. The largest absolute Gasteiger partial charge is 0.452 e. The van der Waals surface area contributed by atoms with E-state index in [1.54, 1.807) is 19.1 Å². The molecule has 0 saturated carbocycles. The molecule has 0 bridgehead atoms. The smallest absolute Gasteiger partial charge is 0.447 e. The van der Waals surface area contributed by atoms with Crippen LogP contribution in [0.25, 0.3) is 0 Å². The molecule has 1 rings (SSSR count). The summed E-state index contributed by atoms with van der Waals surface area (Å²) in [5.74, 6) is 0. The fraction of sp³-hybridized carbons (Fsp3) is 0.300. The van der Waals surface area contributed by atoms with Gasteiger partial charge in [-0.25, -0.2) is 4.79 Å². The number of hydrogen-bond acceptors (Lipinski definition) is 3. The van der Waals surface area contributed by atoms with Crippen molar-refractivity contribution in [2.24, 2.45) is 10.2 Å². The Balaban J connectivity index is 2.72. The van der Waals surface area contributed by atoms with Crippen LogP contribution >= 0.6 is 11.6 Å². The second-order valence-corrected chi connectivity index (χ2v) is 3.24. The van der Waals surface area contributed by atoms with E-state index in [9.17, 15) is 4.79 Å². The number of aryl methyl sites for hydroxylation is 1. The van der Waals surface area contributed by atoms with Crippen molar-refractivity contribution in [3.63, 3.8) is 0 Å². The molecule has 15 heavy (non-hydrogen) atoms. The Bertz CT molecular complexity index is 391. The Kier molecular flexibility index (Phi) is 4.24. The molecule has 1 aromatic rings. The van der Waals surface area contributed by atoms with Crippen molar-refractivity contribution in [2.75, 3.05) is 6.61 Å². The van der Waals surface area contributed by atoms with Gasteiger partial charge >= 0.3 is 6.09 Å². The second-order valence-electron chi connectivity index (χ2n) is 2.83. The summed E-state index contributed by atoms with van der Waals surface area (Å²) in [6.45, 7) is 3.87. The molecule has 0 heterocycles. The summed E-state index contributed by atoms with van der Waals surface area (Å²) in [5, 5.41) is 7.65. The average Bonchev–Trinajstić information content (AvgIpc) is 2.20. The number of carbonyl (C=O) groups is 1. The highest BCUT2D eigenvalue weighted by Gasteiger charge is 1.99. The van der Waals surface area contributed by atoms with E-state index < -0.39 is 6.09 Å². The molecular formula is C10H11ClN2O2. The summed E-state index contributed by atoms with van der Waals surface area (Å²) >= 11 is 5.87. The van der Waals surface area contributed by atoms with E-state index >= 15 is 0 Å². The fourth-order valence-corrected chi connectivity index (χ4v) is 1.07. The zero-order chi connectivity index (χ0) is 11.3. The molecule has 0 radical (unpaired) electrons. The van der Waals surface area contributed by atoms with Gasteiger partial charge in [-0.15, -0.1) is 5.11 Å². The summed E-state index contributed by atoms with van der Waals surface area (Å²) in [4.78, 5) is 10.9. The number of ether oxygens (including phenoxy) is 1. The summed E-state index contributed by atoms with van der Waals surface area (Å²) < 4.78 is 4.59. The van der Waals surface area contributed by atoms with Crippen molar-refractivity contribution < 1.29 is 9.53 Å². The maximum Gasteiger partial charge on any atom is 0.452 e. The van der Waals surface area contributed by atoms with Crippen molar-refractivity contribution in [3.8, 4) is 0 Å². The van der Waals surface area contributed by atoms with Gasteiger partial charge in [-0.05, 0) is 31.5 Å². The standard InChI is InChI=1S/C10H11ClN2O2/c1-3-15-10(14)13-12-8-5-4-7(2)9(11)6-8/h4-6H,3H2,1-2H3. The molecule has 0 aliphatic rings. The molecule has 0 spiro atoms. The van der Waals surface area contributed by atoms with Crippen LogP contribution in [-0.2, 0) is 4.74 Å². The molecule has 5 heteroatoms. The van der Waals surface area contributed by atoms with Gasteiger partial charge in [-0.3, -0.25) is 0 Å². The van der Waals surface area contributed by atoms with E-state index in [0.29, 0.717) is 10.7 Å². The normalized spacial score (nSPS) is 10.6. The van der Waals surface area contributed by atoms with Crippen molar-refractivity contribution in [3.05, 3.63) is 28.8 Å². The van der Waals surface area contributed by atoms with Gasteiger partial charge in [0.25, 0.3) is 0 Å². The van der Waals surface area contributed by atoms with Gasteiger partial charge in [-0.2, -0.15) is 0 Å². The van der Waals surface area contributed by atoms with Gasteiger partial charge in [0.05, 0.1) is 12.3 Å². The highest BCUT2D eigenvalue weighted by atomic mass is 35.5. The van der Waals surface area contributed by atoms with Crippen LogP contribution in [0, 0.1) is 6.92 Å². The Hall–Kier alpha value is -1.42. The molecule has 0 unspecified atom stereocenters. The first-order chi connectivity index (χ1) is 7.13. The first-order valence-corrected chi connectivity index (χ1v) is 4.86. The summed E-state index contributed by atoms with van der Waals surface area (Å²) in [5.41, 5.74) is 1.48. The van der Waals surface area contributed by atoms with Crippen LogP contribution < -0.4 is 0 Å². The number of carbonyl (C=O) groups excluding carboxylic acids is 1.